The van der Waals surface area contributed by atoms with Crippen molar-refractivity contribution in [2.75, 3.05) is 25.5 Å². The van der Waals surface area contributed by atoms with Crippen LogP contribution in [0.15, 0.2) is 5.51 Å². The summed E-state index contributed by atoms with van der Waals surface area (Å²) in [5.41, 5.74) is 1.60. The van der Waals surface area contributed by atoms with Crippen molar-refractivity contribution in [3.63, 3.8) is 0 Å². The van der Waals surface area contributed by atoms with Crippen molar-refractivity contribution >= 4 is 22.4 Å². The van der Waals surface area contributed by atoms with Crippen LogP contribution in [-0.4, -0.2) is 41.1 Å². The van der Waals surface area contributed by atoms with Gasteiger partial charge in [-0.05, 0) is 20.0 Å². The maximum absolute atomic E-state index is 11.5. The molecule has 0 saturated carbocycles. The Bertz CT molecular complexity index is 302. The van der Waals surface area contributed by atoms with Gasteiger partial charge in [-0.15, -0.1) is 10.2 Å². The Kier molecular flexibility index (Phi) is 5.95. The number of carbonyl (C=O) groups is 1. The molecule has 1 heterocycles. The average Bonchev–Trinajstić information content (AvgIpc) is 2.76. The lowest BCUT2D eigenvalue weighted by Gasteiger charge is -2.15. The summed E-state index contributed by atoms with van der Waals surface area (Å²) < 4.78 is 0. The summed E-state index contributed by atoms with van der Waals surface area (Å²) in [6.07, 6.45) is 2.86. The molecule has 0 aliphatic carbocycles. The Balaban J connectivity index is 2.15. The molecule has 0 spiro atoms. The van der Waals surface area contributed by atoms with Crippen molar-refractivity contribution in [1.29, 1.82) is 0 Å². The minimum atomic E-state index is 0.0000912. The largest absolute Gasteiger partial charge is 0.306 e. The number of carbonyl (C=O) groups excluding carboxylic acids is 1. The molecular formula is C10H18N4OS. The highest BCUT2D eigenvalue weighted by Crippen LogP contribution is 2.08. The monoisotopic (exact) mass is 242 g/mol. The molecule has 1 rings (SSSR count). The molecule has 0 saturated heterocycles. The third-order valence-electron chi connectivity index (χ3n) is 2.22. The highest BCUT2D eigenvalue weighted by atomic mass is 32.1. The lowest BCUT2D eigenvalue weighted by atomic mass is 10.3. The molecule has 6 heteroatoms. The van der Waals surface area contributed by atoms with Gasteiger partial charge >= 0.3 is 0 Å². The fraction of sp³-hybridized carbons (Fsp3) is 0.700. The predicted molar refractivity (Wildman–Crippen MR) is 65.6 cm³/mol. The second kappa shape index (κ2) is 7.29. The van der Waals surface area contributed by atoms with Crippen LogP contribution in [-0.2, 0) is 4.79 Å². The molecule has 0 atom stereocenters. The molecule has 0 fully saturated rings. The Labute approximate surface area is 99.9 Å². The van der Waals surface area contributed by atoms with Gasteiger partial charge in [-0.3, -0.25) is 4.79 Å². The van der Waals surface area contributed by atoms with Crippen LogP contribution in [0.4, 0.5) is 5.13 Å². The minimum absolute atomic E-state index is 0.0000912. The quantitative estimate of drug-likeness (QED) is 0.789. The first-order chi connectivity index (χ1) is 7.72. The zero-order chi connectivity index (χ0) is 11.8. The number of nitrogens with one attached hydrogen (secondary N) is 1. The topological polar surface area (TPSA) is 58.1 Å². The maximum Gasteiger partial charge on any atom is 0.227 e. The smallest absolute Gasteiger partial charge is 0.227 e. The van der Waals surface area contributed by atoms with Crippen molar-refractivity contribution in [3.8, 4) is 0 Å². The van der Waals surface area contributed by atoms with Gasteiger partial charge in [0.1, 0.15) is 5.51 Å². The number of anilines is 1. The van der Waals surface area contributed by atoms with E-state index >= 15 is 0 Å². The van der Waals surface area contributed by atoms with E-state index in [-0.39, 0.29) is 5.91 Å². The summed E-state index contributed by atoms with van der Waals surface area (Å²) >= 11 is 1.33. The van der Waals surface area contributed by atoms with Crippen LogP contribution in [0, 0.1) is 0 Å². The van der Waals surface area contributed by atoms with Gasteiger partial charge in [-0.2, -0.15) is 0 Å². The number of unbranched alkanes of at least 4 members (excludes halogenated alkanes) is 1. The molecule has 0 aliphatic rings. The van der Waals surface area contributed by atoms with Crippen LogP contribution in [0.3, 0.4) is 0 Å². The van der Waals surface area contributed by atoms with Gasteiger partial charge in [0.2, 0.25) is 11.0 Å². The molecule has 16 heavy (non-hydrogen) atoms. The number of hydrogen-bond acceptors (Lipinski definition) is 5. The van der Waals surface area contributed by atoms with E-state index in [0.29, 0.717) is 11.6 Å². The predicted octanol–water partition coefficient (Wildman–Crippen LogP) is 1.60. The highest BCUT2D eigenvalue weighted by molar-refractivity contribution is 7.13. The lowest BCUT2D eigenvalue weighted by molar-refractivity contribution is -0.116. The van der Waals surface area contributed by atoms with Crippen molar-refractivity contribution in [3.05, 3.63) is 5.51 Å². The van der Waals surface area contributed by atoms with Crippen LogP contribution in [0.2, 0.25) is 0 Å². The summed E-state index contributed by atoms with van der Waals surface area (Å²) in [7, 11) is 2.04. The van der Waals surface area contributed by atoms with Crippen LogP contribution < -0.4 is 5.32 Å². The molecule has 0 aromatic carbocycles. The summed E-state index contributed by atoms with van der Waals surface area (Å²) in [6.45, 7) is 3.99. The first-order valence-corrected chi connectivity index (χ1v) is 6.35. The Hall–Kier alpha value is -1.01. The van der Waals surface area contributed by atoms with Crippen molar-refractivity contribution in [2.24, 2.45) is 0 Å². The van der Waals surface area contributed by atoms with E-state index in [9.17, 15) is 4.79 Å². The van der Waals surface area contributed by atoms with Gasteiger partial charge in [-0.1, -0.05) is 24.7 Å². The zero-order valence-corrected chi connectivity index (χ0v) is 10.6. The second-order valence-electron chi connectivity index (χ2n) is 3.70. The summed E-state index contributed by atoms with van der Waals surface area (Å²) in [6, 6.07) is 0. The number of hydrogen-bond donors (Lipinski definition) is 1. The Morgan fingerprint density at radius 2 is 2.38 bits per heavy atom. The van der Waals surface area contributed by atoms with Gasteiger partial charge < -0.3 is 10.2 Å². The van der Waals surface area contributed by atoms with Crippen molar-refractivity contribution < 1.29 is 4.79 Å². The van der Waals surface area contributed by atoms with Gasteiger partial charge in [-0.25, -0.2) is 0 Å². The first kappa shape index (κ1) is 13.1. The molecule has 1 aromatic heterocycles. The summed E-state index contributed by atoms with van der Waals surface area (Å²) in [5, 5.41) is 10.7. The number of aromatic nitrogens is 2. The lowest BCUT2D eigenvalue weighted by Crippen LogP contribution is -2.25. The third kappa shape index (κ3) is 5.18. The SMILES string of the molecule is CCCCN(C)CCC(=O)Nc1nncs1. The summed E-state index contributed by atoms with van der Waals surface area (Å²) in [5.74, 6) is 0.0000912. The molecule has 1 N–H and O–H groups in total. The van der Waals surface area contributed by atoms with E-state index in [1.54, 1.807) is 5.51 Å². The highest BCUT2D eigenvalue weighted by Gasteiger charge is 2.06. The Morgan fingerprint density at radius 1 is 1.56 bits per heavy atom. The van der Waals surface area contributed by atoms with E-state index in [4.69, 9.17) is 0 Å². The van der Waals surface area contributed by atoms with E-state index in [1.807, 2.05) is 7.05 Å². The maximum atomic E-state index is 11.5. The van der Waals surface area contributed by atoms with Crippen molar-refractivity contribution in [2.45, 2.75) is 26.2 Å². The number of nitrogens with zero attached hydrogens (tertiary/aromatic N) is 3. The fourth-order valence-corrected chi connectivity index (χ4v) is 1.70. The zero-order valence-electron chi connectivity index (χ0n) is 9.77. The average molecular weight is 242 g/mol. The van der Waals surface area contributed by atoms with Crippen molar-refractivity contribution in [1.82, 2.24) is 15.1 Å². The number of rotatable bonds is 7. The minimum Gasteiger partial charge on any atom is -0.306 e. The molecule has 0 aliphatic heterocycles. The second-order valence-corrected chi connectivity index (χ2v) is 4.53. The van der Waals surface area contributed by atoms with E-state index in [2.05, 4.69) is 27.3 Å². The molecule has 0 bridgehead atoms. The first-order valence-electron chi connectivity index (χ1n) is 5.47. The Morgan fingerprint density at radius 3 is 3.00 bits per heavy atom. The van der Waals surface area contributed by atoms with Crippen LogP contribution in [0.5, 0.6) is 0 Å². The van der Waals surface area contributed by atoms with E-state index < -0.39 is 0 Å². The molecule has 0 unspecified atom stereocenters. The molecule has 1 amide bonds. The van der Waals surface area contributed by atoms with Crippen LogP contribution >= 0.6 is 11.3 Å². The van der Waals surface area contributed by atoms with Gasteiger partial charge in [0, 0.05) is 13.0 Å². The van der Waals surface area contributed by atoms with Crippen LogP contribution in [0.1, 0.15) is 26.2 Å². The van der Waals surface area contributed by atoms with E-state index in [1.165, 1.54) is 24.2 Å². The number of amides is 1. The standard InChI is InChI=1S/C10H18N4OS/c1-3-4-6-14(2)7-5-9(15)12-10-13-11-8-16-10/h8H,3-7H2,1-2H3,(H,12,13,15). The summed E-state index contributed by atoms with van der Waals surface area (Å²) in [4.78, 5) is 13.7. The van der Waals surface area contributed by atoms with Gasteiger partial charge in [0.15, 0.2) is 0 Å². The fourth-order valence-electron chi connectivity index (χ4n) is 1.24. The van der Waals surface area contributed by atoms with Gasteiger partial charge in [0.05, 0.1) is 0 Å². The molecule has 0 radical (unpaired) electrons. The normalized spacial score (nSPS) is 10.7. The molecular weight excluding hydrogens is 224 g/mol. The molecule has 5 nitrogen and oxygen atoms in total. The molecule has 90 valence electrons. The van der Waals surface area contributed by atoms with Crippen LogP contribution in [0.25, 0.3) is 0 Å². The van der Waals surface area contributed by atoms with E-state index in [0.717, 1.165) is 13.1 Å². The van der Waals surface area contributed by atoms with Gasteiger partial charge in [0.25, 0.3) is 0 Å². The molecule has 1 aromatic rings. The third-order valence-corrected chi connectivity index (χ3v) is 2.83.